The van der Waals surface area contributed by atoms with Crippen LogP contribution in [0.5, 0.6) is 11.5 Å². The number of nitrogens with one attached hydrogen (secondary N) is 1. The molecule has 3 nitrogen and oxygen atoms in total. The third kappa shape index (κ3) is 3.52. The van der Waals surface area contributed by atoms with E-state index < -0.39 is 0 Å². The first kappa shape index (κ1) is 15.7. The van der Waals surface area contributed by atoms with Crippen LogP contribution in [0.1, 0.15) is 17.0 Å². The molecule has 0 spiro atoms. The van der Waals surface area contributed by atoms with Crippen LogP contribution in [-0.2, 0) is 0 Å². The van der Waals surface area contributed by atoms with Crippen LogP contribution >= 0.6 is 11.6 Å². The van der Waals surface area contributed by atoms with Gasteiger partial charge in [0.2, 0.25) is 0 Å². The van der Waals surface area contributed by atoms with Crippen molar-refractivity contribution in [2.75, 3.05) is 6.54 Å². The highest BCUT2D eigenvalue weighted by Gasteiger charge is 2.24. The van der Waals surface area contributed by atoms with Gasteiger partial charge in [-0.3, -0.25) is 0 Å². The molecule has 1 N–H and O–H groups in total. The molecular formula is C21H17ClN2O. The lowest BCUT2D eigenvalue weighted by molar-refractivity contribution is 0.482. The van der Waals surface area contributed by atoms with Crippen molar-refractivity contribution in [1.29, 1.82) is 0 Å². The van der Waals surface area contributed by atoms with Crippen molar-refractivity contribution in [3.05, 3.63) is 95.0 Å². The summed E-state index contributed by atoms with van der Waals surface area (Å²) in [5, 5.41) is 5.19. The molecule has 3 aromatic carbocycles. The van der Waals surface area contributed by atoms with Gasteiger partial charge in [-0.2, -0.15) is 5.10 Å². The fourth-order valence-corrected chi connectivity index (χ4v) is 3.08. The smallest absolute Gasteiger partial charge is 0.127 e. The molecule has 25 heavy (non-hydrogen) atoms. The third-order valence-electron chi connectivity index (χ3n) is 4.23. The summed E-state index contributed by atoms with van der Waals surface area (Å²) in [6, 6.07) is 25.8. The van der Waals surface area contributed by atoms with Gasteiger partial charge in [-0.15, -0.1) is 0 Å². The normalized spacial score (nSPS) is 16.2. The Morgan fingerprint density at radius 2 is 1.48 bits per heavy atom. The van der Waals surface area contributed by atoms with Gasteiger partial charge >= 0.3 is 0 Å². The highest BCUT2D eigenvalue weighted by Crippen LogP contribution is 2.27. The van der Waals surface area contributed by atoms with Crippen molar-refractivity contribution in [1.82, 2.24) is 5.43 Å². The van der Waals surface area contributed by atoms with Crippen LogP contribution in [0.25, 0.3) is 0 Å². The lowest BCUT2D eigenvalue weighted by atomic mass is 9.91. The van der Waals surface area contributed by atoms with E-state index in [0.29, 0.717) is 5.02 Å². The number of hydrogen-bond acceptors (Lipinski definition) is 3. The Morgan fingerprint density at radius 1 is 0.840 bits per heavy atom. The number of ether oxygens (including phenoxy) is 1. The van der Waals surface area contributed by atoms with Crippen LogP contribution in [-0.4, -0.2) is 12.3 Å². The van der Waals surface area contributed by atoms with Crippen LogP contribution in [0, 0.1) is 0 Å². The van der Waals surface area contributed by atoms with Crippen LogP contribution in [0.15, 0.2) is 84.0 Å². The molecule has 4 heteroatoms. The summed E-state index contributed by atoms with van der Waals surface area (Å²) in [6.07, 6.45) is 0. The van der Waals surface area contributed by atoms with E-state index in [1.807, 2.05) is 54.6 Å². The highest BCUT2D eigenvalue weighted by molar-refractivity contribution is 6.30. The number of hydrogen-bond donors (Lipinski definition) is 1. The van der Waals surface area contributed by atoms with E-state index in [2.05, 4.69) is 34.8 Å². The molecule has 1 aliphatic heterocycles. The molecule has 3 aromatic rings. The summed E-state index contributed by atoms with van der Waals surface area (Å²) < 4.78 is 5.85. The Hall–Kier alpha value is -2.78. The predicted octanol–water partition coefficient (Wildman–Crippen LogP) is 5.22. The predicted molar refractivity (Wildman–Crippen MR) is 102 cm³/mol. The largest absolute Gasteiger partial charge is 0.457 e. The fraction of sp³-hybridized carbons (Fsp3) is 0.0952. The van der Waals surface area contributed by atoms with E-state index in [-0.39, 0.29) is 5.92 Å². The first-order valence-corrected chi connectivity index (χ1v) is 8.56. The molecule has 0 amide bonds. The van der Waals surface area contributed by atoms with E-state index in [0.717, 1.165) is 29.3 Å². The average molecular weight is 349 g/mol. The van der Waals surface area contributed by atoms with E-state index in [1.165, 1.54) is 5.56 Å². The second-order valence-corrected chi connectivity index (χ2v) is 6.34. The van der Waals surface area contributed by atoms with Gasteiger partial charge in [0.15, 0.2) is 0 Å². The molecule has 1 atom stereocenters. The first-order chi connectivity index (χ1) is 12.3. The SMILES string of the molecule is Clc1ccc(Oc2ccc(C3=NNCC3c3ccccc3)cc2)cc1. The number of hydrazone groups is 1. The zero-order chi connectivity index (χ0) is 17.1. The zero-order valence-corrected chi connectivity index (χ0v) is 14.3. The highest BCUT2D eigenvalue weighted by atomic mass is 35.5. The molecule has 0 aromatic heterocycles. The van der Waals surface area contributed by atoms with Gasteiger partial charge in [0.25, 0.3) is 0 Å². The van der Waals surface area contributed by atoms with E-state index in [9.17, 15) is 0 Å². The van der Waals surface area contributed by atoms with Crippen molar-refractivity contribution in [2.45, 2.75) is 5.92 Å². The van der Waals surface area contributed by atoms with Crippen molar-refractivity contribution < 1.29 is 4.74 Å². The molecule has 1 aliphatic rings. The van der Waals surface area contributed by atoms with Crippen molar-refractivity contribution >= 4 is 17.3 Å². The van der Waals surface area contributed by atoms with Crippen LogP contribution < -0.4 is 10.2 Å². The molecule has 0 bridgehead atoms. The fourth-order valence-electron chi connectivity index (χ4n) is 2.96. The van der Waals surface area contributed by atoms with E-state index >= 15 is 0 Å². The maximum atomic E-state index is 5.90. The summed E-state index contributed by atoms with van der Waals surface area (Å²) >= 11 is 5.90. The molecule has 0 saturated heterocycles. The van der Waals surface area contributed by atoms with Crippen molar-refractivity contribution in [3.8, 4) is 11.5 Å². The molecule has 0 radical (unpaired) electrons. The maximum absolute atomic E-state index is 5.90. The Labute approximate surface area is 151 Å². The van der Waals surface area contributed by atoms with Gasteiger partial charge in [0, 0.05) is 17.5 Å². The van der Waals surface area contributed by atoms with Gasteiger partial charge in [0.1, 0.15) is 11.5 Å². The topological polar surface area (TPSA) is 33.6 Å². The molecule has 0 saturated carbocycles. The third-order valence-corrected chi connectivity index (χ3v) is 4.48. The van der Waals surface area contributed by atoms with E-state index in [1.54, 1.807) is 0 Å². The second kappa shape index (κ2) is 6.99. The van der Waals surface area contributed by atoms with Gasteiger partial charge in [-0.05, 0) is 59.7 Å². The summed E-state index contributed by atoms with van der Waals surface area (Å²) in [7, 11) is 0. The minimum Gasteiger partial charge on any atom is -0.457 e. The monoisotopic (exact) mass is 348 g/mol. The van der Waals surface area contributed by atoms with Crippen LogP contribution in [0.3, 0.4) is 0 Å². The second-order valence-electron chi connectivity index (χ2n) is 5.90. The Balaban J connectivity index is 1.52. The number of rotatable bonds is 4. The lowest BCUT2D eigenvalue weighted by Crippen LogP contribution is -2.14. The molecular weight excluding hydrogens is 332 g/mol. The number of benzene rings is 3. The van der Waals surface area contributed by atoms with Crippen molar-refractivity contribution in [2.24, 2.45) is 5.10 Å². The Bertz CT molecular complexity index is 874. The number of halogens is 1. The summed E-state index contributed by atoms with van der Waals surface area (Å²) in [4.78, 5) is 0. The Morgan fingerprint density at radius 3 is 2.16 bits per heavy atom. The van der Waals surface area contributed by atoms with Crippen molar-refractivity contribution in [3.63, 3.8) is 0 Å². The van der Waals surface area contributed by atoms with Gasteiger partial charge < -0.3 is 10.2 Å². The average Bonchev–Trinajstić information content (AvgIpc) is 3.15. The summed E-state index contributed by atoms with van der Waals surface area (Å²) in [5.41, 5.74) is 6.55. The van der Waals surface area contributed by atoms with Gasteiger partial charge in [0.05, 0.1) is 5.71 Å². The molecule has 1 unspecified atom stereocenters. The standard InChI is InChI=1S/C21H17ClN2O/c22-17-8-12-19(13-9-17)25-18-10-6-16(7-11-18)21-20(14-23-24-21)15-4-2-1-3-5-15/h1-13,20,23H,14H2. The molecule has 0 fully saturated rings. The maximum Gasteiger partial charge on any atom is 0.127 e. The molecule has 124 valence electrons. The van der Waals surface area contributed by atoms with Gasteiger partial charge in [-0.25, -0.2) is 0 Å². The first-order valence-electron chi connectivity index (χ1n) is 8.19. The quantitative estimate of drug-likeness (QED) is 0.701. The minimum absolute atomic E-state index is 0.268. The lowest BCUT2D eigenvalue weighted by Gasteiger charge is -2.13. The van der Waals surface area contributed by atoms with Crippen LogP contribution in [0.4, 0.5) is 0 Å². The Kier molecular flexibility index (Phi) is 4.40. The van der Waals surface area contributed by atoms with Gasteiger partial charge in [-0.1, -0.05) is 41.9 Å². The molecule has 1 heterocycles. The molecule has 4 rings (SSSR count). The zero-order valence-electron chi connectivity index (χ0n) is 13.5. The summed E-state index contributed by atoms with van der Waals surface area (Å²) in [5.74, 6) is 1.82. The van der Waals surface area contributed by atoms with E-state index in [4.69, 9.17) is 16.3 Å². The minimum atomic E-state index is 0.268. The summed E-state index contributed by atoms with van der Waals surface area (Å²) in [6.45, 7) is 0.822. The molecule has 0 aliphatic carbocycles. The van der Waals surface area contributed by atoms with Crippen LogP contribution in [0.2, 0.25) is 5.02 Å². The number of nitrogens with zero attached hydrogens (tertiary/aromatic N) is 1.